The van der Waals surface area contributed by atoms with Gasteiger partial charge in [0.1, 0.15) is 34.7 Å². The molecule has 2 fully saturated rings. The number of carbonyl (C=O) groups excluding carboxylic acids is 5. The fourth-order valence-corrected chi connectivity index (χ4v) is 6.90. The first-order valence-corrected chi connectivity index (χ1v) is 17.6. The van der Waals surface area contributed by atoms with Gasteiger partial charge in [-0.1, -0.05) is 12.1 Å². The van der Waals surface area contributed by atoms with Crippen LogP contribution < -0.4 is 15.4 Å². The number of rotatable bonds is 14. The van der Waals surface area contributed by atoms with Gasteiger partial charge in [0, 0.05) is 64.8 Å². The number of hydrogen-bond acceptors (Lipinski definition) is 9. The molecule has 2 aromatic rings. The highest BCUT2D eigenvalue weighted by Gasteiger charge is 2.30. The van der Waals surface area contributed by atoms with E-state index in [0.717, 1.165) is 5.56 Å². The van der Waals surface area contributed by atoms with Gasteiger partial charge in [-0.15, -0.1) is 0 Å². The van der Waals surface area contributed by atoms with Crippen LogP contribution in [0.1, 0.15) is 72.7 Å². The maximum absolute atomic E-state index is 13.3. The summed E-state index contributed by atoms with van der Waals surface area (Å²) in [5.74, 6) is -0.0158. The summed E-state index contributed by atoms with van der Waals surface area (Å²) in [5, 5.41) is 5.40. The molecular weight excluding hydrogens is 650 g/mol. The molecule has 13 nitrogen and oxygen atoms in total. The lowest BCUT2D eigenvalue weighted by Crippen LogP contribution is -2.53. The van der Waals surface area contributed by atoms with Crippen molar-refractivity contribution in [2.75, 3.05) is 40.3 Å². The van der Waals surface area contributed by atoms with E-state index in [9.17, 15) is 28.2 Å². The van der Waals surface area contributed by atoms with E-state index in [1.807, 2.05) is 49.3 Å². The minimum Gasteiger partial charge on any atom is -0.488 e. The van der Waals surface area contributed by atoms with Crippen LogP contribution >= 0.6 is 0 Å². The summed E-state index contributed by atoms with van der Waals surface area (Å²) >= 11 is 0. The van der Waals surface area contributed by atoms with Crippen molar-refractivity contribution in [1.82, 2.24) is 24.7 Å². The van der Waals surface area contributed by atoms with Crippen LogP contribution in [0.2, 0.25) is 0 Å². The number of ether oxygens (including phenoxy) is 2. The molecule has 0 radical (unpaired) electrons. The number of carbonyl (C=O) groups is 5. The van der Waals surface area contributed by atoms with Gasteiger partial charge in [0.05, 0.1) is 16.5 Å². The van der Waals surface area contributed by atoms with E-state index in [1.165, 1.54) is 19.0 Å². The first-order valence-electron chi connectivity index (χ1n) is 16.5. The topological polar surface area (TPSA) is 155 Å². The molecule has 3 amide bonds. The SMILES string of the molecule is CNC(=O)CCC(C=O)N(C)C(=O)c1cc(CN2CC(Oc3ccc(S(=O)N4CCC(NC(=O)OC(C)(C)C)CC4)cc3)C2)ccc1C=O. The summed E-state index contributed by atoms with van der Waals surface area (Å²) in [7, 11) is 1.67. The Balaban J connectivity index is 1.24. The predicted molar refractivity (Wildman–Crippen MR) is 184 cm³/mol. The van der Waals surface area contributed by atoms with Gasteiger partial charge >= 0.3 is 6.09 Å². The van der Waals surface area contributed by atoms with Gasteiger partial charge in [0.15, 0.2) is 6.29 Å². The third-order valence-corrected chi connectivity index (χ3v) is 9.97. The summed E-state index contributed by atoms with van der Waals surface area (Å²) in [6.45, 7) is 8.51. The van der Waals surface area contributed by atoms with Gasteiger partial charge in [0.25, 0.3) is 5.91 Å². The number of amides is 3. The van der Waals surface area contributed by atoms with E-state index >= 15 is 0 Å². The lowest BCUT2D eigenvalue weighted by molar-refractivity contribution is -0.121. The molecule has 2 aliphatic heterocycles. The van der Waals surface area contributed by atoms with Gasteiger partial charge in [-0.05, 0) is 75.9 Å². The quantitative estimate of drug-likeness (QED) is 0.284. The normalized spacial score (nSPS) is 17.2. The van der Waals surface area contributed by atoms with Crippen LogP contribution in [-0.4, -0.2) is 113 Å². The number of aldehydes is 2. The Hall–Kier alpha value is -4.14. The fourth-order valence-electron chi connectivity index (χ4n) is 5.69. The molecule has 2 saturated heterocycles. The third-order valence-electron chi connectivity index (χ3n) is 8.46. The second kappa shape index (κ2) is 17.0. The number of likely N-dealkylation sites (tertiary alicyclic amines) is 1. The molecule has 0 aliphatic carbocycles. The zero-order valence-corrected chi connectivity index (χ0v) is 29.6. The highest BCUT2D eigenvalue weighted by atomic mass is 32.2. The number of likely N-dealkylation sites (N-methyl/N-ethyl adjacent to an activating group) is 1. The summed E-state index contributed by atoms with van der Waals surface area (Å²) < 4.78 is 26.6. The van der Waals surface area contributed by atoms with Crippen molar-refractivity contribution < 1.29 is 37.7 Å². The van der Waals surface area contributed by atoms with Crippen LogP contribution in [0, 0.1) is 0 Å². The zero-order valence-electron chi connectivity index (χ0n) is 28.8. The Morgan fingerprint density at radius 2 is 1.73 bits per heavy atom. The molecule has 2 N–H and O–H groups in total. The molecule has 14 heteroatoms. The van der Waals surface area contributed by atoms with Crippen molar-refractivity contribution >= 4 is 41.5 Å². The van der Waals surface area contributed by atoms with E-state index in [4.69, 9.17) is 9.47 Å². The van der Waals surface area contributed by atoms with E-state index in [0.29, 0.717) is 68.8 Å². The van der Waals surface area contributed by atoms with Crippen molar-refractivity contribution in [1.29, 1.82) is 0 Å². The third kappa shape index (κ3) is 10.7. The molecule has 2 heterocycles. The summed E-state index contributed by atoms with van der Waals surface area (Å²) in [6.07, 6.45) is 2.41. The standard InChI is InChI=1S/C35H47N5O8S/c1-35(2,3)48-34(45)37-26-14-16-40(17-15-26)49(46)30-11-9-28(10-12-30)47-29-20-39(21-29)19-24-6-7-25(22-41)31(18-24)33(44)38(5)27(23-42)8-13-32(43)36-4/h6-7,9-12,18,22-23,26-27,29H,8,13-17,19-21H2,1-5H3,(H,36,43)(H,37,45). The Morgan fingerprint density at radius 3 is 2.33 bits per heavy atom. The number of piperidine rings is 1. The van der Waals surface area contributed by atoms with Gasteiger partial charge in [-0.3, -0.25) is 19.3 Å². The fraction of sp³-hybridized carbons (Fsp3) is 0.514. The van der Waals surface area contributed by atoms with Gasteiger partial charge in [0.2, 0.25) is 5.91 Å². The number of benzene rings is 2. The zero-order chi connectivity index (χ0) is 35.7. The first kappa shape index (κ1) is 37.7. The average molecular weight is 698 g/mol. The highest BCUT2D eigenvalue weighted by molar-refractivity contribution is 7.82. The van der Waals surface area contributed by atoms with Crippen molar-refractivity contribution in [3.63, 3.8) is 0 Å². The minimum absolute atomic E-state index is 0.0173. The second-order valence-corrected chi connectivity index (χ2v) is 14.9. The Labute approximate surface area is 290 Å². The Morgan fingerprint density at radius 1 is 1.06 bits per heavy atom. The summed E-state index contributed by atoms with van der Waals surface area (Å²) in [5.41, 5.74) is 0.712. The maximum atomic E-state index is 13.3. The molecule has 2 aliphatic rings. The van der Waals surface area contributed by atoms with Gasteiger partial charge < -0.3 is 29.8 Å². The molecule has 0 aromatic heterocycles. The van der Waals surface area contributed by atoms with E-state index in [1.54, 1.807) is 18.2 Å². The van der Waals surface area contributed by atoms with Crippen molar-refractivity contribution in [2.45, 2.75) is 81.7 Å². The molecule has 2 unspecified atom stereocenters. The highest BCUT2D eigenvalue weighted by Crippen LogP contribution is 2.24. The molecule has 0 bridgehead atoms. The van der Waals surface area contributed by atoms with E-state index < -0.39 is 34.6 Å². The van der Waals surface area contributed by atoms with Crippen LogP contribution in [0.15, 0.2) is 47.4 Å². The molecule has 2 atom stereocenters. The molecule has 2 aromatic carbocycles. The van der Waals surface area contributed by atoms with Gasteiger partial charge in [-0.25, -0.2) is 13.3 Å². The largest absolute Gasteiger partial charge is 0.488 e. The molecule has 0 saturated carbocycles. The number of nitrogens with zero attached hydrogens (tertiary/aromatic N) is 3. The molecular formula is C35H47N5O8S. The lowest BCUT2D eigenvalue weighted by atomic mass is 10.0. The number of hydrogen-bond donors (Lipinski definition) is 2. The first-order chi connectivity index (χ1) is 23.3. The molecule has 49 heavy (non-hydrogen) atoms. The predicted octanol–water partition coefficient (Wildman–Crippen LogP) is 2.94. The Bertz CT molecular complexity index is 1510. The van der Waals surface area contributed by atoms with Crippen LogP contribution in [0.4, 0.5) is 4.79 Å². The lowest BCUT2D eigenvalue weighted by Gasteiger charge is -2.39. The Kier molecular flexibility index (Phi) is 13.1. The van der Waals surface area contributed by atoms with Crippen LogP contribution in [-0.2, 0) is 31.9 Å². The molecule has 0 spiro atoms. The number of nitrogens with one attached hydrogen (secondary N) is 2. The summed E-state index contributed by atoms with van der Waals surface area (Å²) in [6, 6.07) is 11.5. The van der Waals surface area contributed by atoms with E-state index in [2.05, 4.69) is 15.5 Å². The second-order valence-electron chi connectivity index (χ2n) is 13.4. The van der Waals surface area contributed by atoms with Crippen molar-refractivity contribution in [3.8, 4) is 5.75 Å². The molecule has 4 rings (SSSR count). The van der Waals surface area contributed by atoms with Crippen LogP contribution in [0.3, 0.4) is 0 Å². The van der Waals surface area contributed by atoms with Gasteiger partial charge in [-0.2, -0.15) is 0 Å². The van der Waals surface area contributed by atoms with Crippen LogP contribution in [0.25, 0.3) is 0 Å². The monoisotopic (exact) mass is 697 g/mol. The smallest absolute Gasteiger partial charge is 0.407 e. The van der Waals surface area contributed by atoms with E-state index in [-0.39, 0.29) is 42.0 Å². The van der Waals surface area contributed by atoms with Crippen molar-refractivity contribution in [2.24, 2.45) is 0 Å². The molecule has 266 valence electrons. The summed E-state index contributed by atoms with van der Waals surface area (Å²) in [4.78, 5) is 64.5. The average Bonchev–Trinajstić information content (AvgIpc) is 3.06. The van der Waals surface area contributed by atoms with Crippen molar-refractivity contribution in [3.05, 3.63) is 59.2 Å². The number of alkyl carbamates (subject to hydrolysis) is 1. The maximum Gasteiger partial charge on any atom is 0.407 e. The minimum atomic E-state index is -1.33. The van der Waals surface area contributed by atoms with Crippen LogP contribution in [0.5, 0.6) is 5.75 Å².